The average Bonchev–Trinajstić information content (AvgIpc) is 2.08. The lowest BCUT2D eigenvalue weighted by atomic mass is 9.94. The van der Waals surface area contributed by atoms with Gasteiger partial charge >= 0.3 is 0 Å². The lowest BCUT2D eigenvalue weighted by Gasteiger charge is -2.33. The van der Waals surface area contributed by atoms with Crippen LogP contribution in [0.2, 0.25) is 0 Å². The molecular formula is C12H21N. The van der Waals surface area contributed by atoms with Crippen LogP contribution in [0, 0.1) is 5.41 Å². The van der Waals surface area contributed by atoms with E-state index >= 15 is 0 Å². The highest BCUT2D eigenvalue weighted by Gasteiger charge is 2.20. The minimum Gasteiger partial charge on any atom is -0.369 e. The molecule has 0 aromatic heterocycles. The number of allylic oxidation sites excluding steroid dienone is 2. The summed E-state index contributed by atoms with van der Waals surface area (Å²) in [7, 11) is 0. The number of rotatable bonds is 0. The van der Waals surface area contributed by atoms with Gasteiger partial charge in [-0.05, 0) is 27.0 Å². The summed E-state index contributed by atoms with van der Waals surface area (Å²) in [6, 6.07) is 0. The molecule has 0 atom stereocenters. The van der Waals surface area contributed by atoms with Crippen molar-refractivity contribution in [2.75, 3.05) is 6.54 Å². The first-order valence-corrected chi connectivity index (χ1v) is 4.95. The van der Waals surface area contributed by atoms with Crippen molar-refractivity contribution < 1.29 is 0 Å². The molecule has 0 radical (unpaired) electrons. The van der Waals surface area contributed by atoms with E-state index in [1.807, 2.05) is 0 Å². The smallest absolute Gasteiger partial charge is 0.0359 e. The summed E-state index contributed by atoms with van der Waals surface area (Å²) in [6.45, 7) is 12.2. The molecule has 13 heavy (non-hydrogen) atoms. The van der Waals surface area contributed by atoms with Crippen LogP contribution in [0.15, 0.2) is 24.4 Å². The number of nitrogens with zero attached hydrogens (tertiary/aromatic N) is 1. The minimum atomic E-state index is 0.208. The van der Waals surface area contributed by atoms with Gasteiger partial charge in [0.25, 0.3) is 0 Å². The lowest BCUT2D eigenvalue weighted by molar-refractivity contribution is 0.226. The monoisotopic (exact) mass is 179 g/mol. The number of hydrogen-bond donors (Lipinski definition) is 0. The van der Waals surface area contributed by atoms with Crippen LogP contribution in [0.5, 0.6) is 0 Å². The molecular weight excluding hydrogens is 158 g/mol. The Bertz CT molecular complexity index is 228. The molecule has 1 heterocycles. The second-order valence-electron chi connectivity index (χ2n) is 5.36. The third-order valence-electron chi connectivity index (χ3n) is 2.40. The zero-order valence-corrected chi connectivity index (χ0v) is 9.46. The molecule has 0 unspecified atom stereocenters. The van der Waals surface area contributed by atoms with Crippen molar-refractivity contribution in [1.29, 1.82) is 0 Å². The van der Waals surface area contributed by atoms with E-state index in [4.69, 9.17) is 0 Å². The molecule has 1 aliphatic heterocycles. The first kappa shape index (κ1) is 10.4. The summed E-state index contributed by atoms with van der Waals surface area (Å²) < 4.78 is 0. The second-order valence-corrected chi connectivity index (χ2v) is 5.36. The predicted octanol–water partition coefficient (Wildman–Crippen LogP) is 3.20. The fourth-order valence-corrected chi connectivity index (χ4v) is 1.37. The van der Waals surface area contributed by atoms with Gasteiger partial charge in [-0.25, -0.2) is 0 Å². The summed E-state index contributed by atoms with van der Waals surface area (Å²) >= 11 is 0. The van der Waals surface area contributed by atoms with Gasteiger partial charge in [0.2, 0.25) is 0 Å². The highest BCUT2D eigenvalue weighted by Crippen LogP contribution is 2.24. The van der Waals surface area contributed by atoms with Crippen molar-refractivity contribution in [3.05, 3.63) is 24.4 Å². The summed E-state index contributed by atoms with van der Waals surface area (Å²) in [5.74, 6) is 0. The molecule has 0 amide bonds. The Morgan fingerprint density at radius 3 is 2.31 bits per heavy atom. The van der Waals surface area contributed by atoms with Gasteiger partial charge in [0, 0.05) is 17.5 Å². The van der Waals surface area contributed by atoms with E-state index in [1.54, 1.807) is 0 Å². The average molecular weight is 179 g/mol. The Balaban J connectivity index is 2.81. The van der Waals surface area contributed by atoms with Crippen LogP contribution in [0.25, 0.3) is 0 Å². The Labute approximate surface area is 82.1 Å². The molecule has 1 nitrogen and oxygen atoms in total. The maximum absolute atomic E-state index is 2.36. The van der Waals surface area contributed by atoms with Gasteiger partial charge in [-0.1, -0.05) is 32.1 Å². The van der Waals surface area contributed by atoms with Crippen molar-refractivity contribution >= 4 is 0 Å². The lowest BCUT2D eigenvalue weighted by Crippen LogP contribution is -2.36. The van der Waals surface area contributed by atoms with Gasteiger partial charge in [-0.3, -0.25) is 0 Å². The molecule has 0 saturated heterocycles. The van der Waals surface area contributed by atoms with Gasteiger partial charge in [-0.2, -0.15) is 0 Å². The fraction of sp³-hybridized carbons (Fsp3) is 0.667. The molecule has 1 aliphatic rings. The predicted molar refractivity (Wildman–Crippen MR) is 58.5 cm³/mol. The van der Waals surface area contributed by atoms with Gasteiger partial charge in [-0.15, -0.1) is 0 Å². The van der Waals surface area contributed by atoms with Crippen LogP contribution < -0.4 is 0 Å². The minimum absolute atomic E-state index is 0.208. The van der Waals surface area contributed by atoms with E-state index in [0.717, 1.165) is 6.54 Å². The molecule has 74 valence electrons. The Hall–Kier alpha value is -0.720. The highest BCUT2D eigenvalue weighted by atomic mass is 15.2. The standard InChI is InChI=1S/C12H21N/c1-11(2,3)13-9-6-7-12(4,5)8-10-13/h6-8,10H,9H2,1-5H3. The molecule has 0 N–H and O–H groups in total. The van der Waals surface area contributed by atoms with Crippen molar-refractivity contribution in [2.45, 2.75) is 40.2 Å². The summed E-state index contributed by atoms with van der Waals surface area (Å²) in [5, 5.41) is 0. The Morgan fingerprint density at radius 1 is 1.15 bits per heavy atom. The number of hydrogen-bond acceptors (Lipinski definition) is 1. The quantitative estimate of drug-likeness (QED) is 0.516. The largest absolute Gasteiger partial charge is 0.369 e. The topological polar surface area (TPSA) is 3.24 Å². The molecule has 0 aromatic rings. The Kier molecular flexibility index (Phi) is 2.56. The maximum Gasteiger partial charge on any atom is 0.0359 e. The van der Waals surface area contributed by atoms with Crippen LogP contribution in [0.3, 0.4) is 0 Å². The molecule has 1 heteroatoms. The van der Waals surface area contributed by atoms with E-state index in [0.29, 0.717) is 0 Å². The van der Waals surface area contributed by atoms with Crippen LogP contribution in [-0.2, 0) is 0 Å². The normalized spacial score (nSPS) is 21.8. The molecule has 0 aliphatic carbocycles. The van der Waals surface area contributed by atoms with Crippen LogP contribution >= 0.6 is 0 Å². The van der Waals surface area contributed by atoms with Crippen molar-refractivity contribution in [3.63, 3.8) is 0 Å². The summed E-state index contributed by atoms with van der Waals surface area (Å²) in [6.07, 6.45) is 9.02. The molecule has 1 rings (SSSR count). The maximum atomic E-state index is 2.36. The van der Waals surface area contributed by atoms with Crippen molar-refractivity contribution in [3.8, 4) is 0 Å². The molecule has 0 spiro atoms. The van der Waals surface area contributed by atoms with E-state index in [9.17, 15) is 0 Å². The zero-order chi connectivity index (χ0) is 10.1. The third kappa shape index (κ3) is 2.91. The second kappa shape index (κ2) is 3.21. The first-order valence-electron chi connectivity index (χ1n) is 4.95. The molecule has 0 aromatic carbocycles. The van der Waals surface area contributed by atoms with Crippen LogP contribution in [0.4, 0.5) is 0 Å². The van der Waals surface area contributed by atoms with E-state index < -0.39 is 0 Å². The summed E-state index contributed by atoms with van der Waals surface area (Å²) in [4.78, 5) is 2.36. The van der Waals surface area contributed by atoms with Gasteiger partial charge in [0.15, 0.2) is 0 Å². The first-order chi connectivity index (χ1) is 5.81. The van der Waals surface area contributed by atoms with Crippen molar-refractivity contribution in [1.82, 2.24) is 4.90 Å². The van der Waals surface area contributed by atoms with E-state index in [1.165, 1.54) is 0 Å². The highest BCUT2D eigenvalue weighted by molar-refractivity contribution is 5.12. The molecule has 0 bridgehead atoms. The van der Waals surface area contributed by atoms with Gasteiger partial charge < -0.3 is 4.90 Å². The van der Waals surface area contributed by atoms with E-state index in [2.05, 4.69) is 63.9 Å². The SMILES string of the molecule is CC1(C)C=CCN(C(C)(C)C)C=C1. The fourth-order valence-electron chi connectivity index (χ4n) is 1.37. The van der Waals surface area contributed by atoms with Crippen LogP contribution in [-0.4, -0.2) is 17.0 Å². The van der Waals surface area contributed by atoms with Crippen molar-refractivity contribution in [2.24, 2.45) is 5.41 Å². The van der Waals surface area contributed by atoms with Gasteiger partial charge in [0.1, 0.15) is 0 Å². The van der Waals surface area contributed by atoms with Gasteiger partial charge in [0.05, 0.1) is 0 Å². The van der Waals surface area contributed by atoms with Crippen LogP contribution in [0.1, 0.15) is 34.6 Å². The van der Waals surface area contributed by atoms with E-state index in [-0.39, 0.29) is 11.0 Å². The summed E-state index contributed by atoms with van der Waals surface area (Å²) in [5.41, 5.74) is 0.432. The molecule has 0 saturated carbocycles. The molecule has 0 fully saturated rings. The Morgan fingerprint density at radius 2 is 1.77 bits per heavy atom. The zero-order valence-electron chi connectivity index (χ0n) is 9.46. The third-order valence-corrected chi connectivity index (χ3v) is 2.40.